The molecule has 0 fully saturated rings. The zero-order chi connectivity index (χ0) is 14.6. The summed E-state index contributed by atoms with van der Waals surface area (Å²) in [4.78, 5) is 12.2. The quantitative estimate of drug-likeness (QED) is 0.810. The van der Waals surface area contributed by atoms with Crippen LogP contribution in [0, 0.1) is 0 Å². The summed E-state index contributed by atoms with van der Waals surface area (Å²) in [6.45, 7) is 2.98. The molecule has 0 aliphatic carbocycles. The molecule has 0 radical (unpaired) electrons. The van der Waals surface area contributed by atoms with E-state index in [0.717, 1.165) is 22.8 Å². The molecule has 0 saturated carbocycles. The summed E-state index contributed by atoms with van der Waals surface area (Å²) in [5, 5.41) is 12.1. The van der Waals surface area contributed by atoms with Crippen LogP contribution < -0.4 is 14.8 Å². The Labute approximate surface area is 122 Å². The molecular weight excluding hydrogens is 278 g/mol. The summed E-state index contributed by atoms with van der Waals surface area (Å²) in [7, 11) is 1.66. The molecule has 1 unspecified atom stereocenters. The number of thioether (sulfide) groups is 1. The van der Waals surface area contributed by atoms with E-state index in [1.165, 1.54) is 11.8 Å². The van der Waals surface area contributed by atoms with Crippen molar-refractivity contribution in [1.29, 1.82) is 0 Å². The number of fused-ring (bicyclic) bond motifs is 1. The third-order valence-corrected chi connectivity index (χ3v) is 4.58. The first-order valence-corrected chi connectivity index (χ1v) is 7.48. The highest BCUT2D eigenvalue weighted by atomic mass is 32.2. The number of aliphatic carboxylic acids is 1. The molecule has 20 heavy (non-hydrogen) atoms. The van der Waals surface area contributed by atoms with Gasteiger partial charge in [-0.15, -0.1) is 11.8 Å². The zero-order valence-corrected chi connectivity index (χ0v) is 12.5. The maximum Gasteiger partial charge on any atom is 0.324 e. The second-order valence-electron chi connectivity index (χ2n) is 4.83. The van der Waals surface area contributed by atoms with Crippen LogP contribution in [0.3, 0.4) is 0 Å². The lowest BCUT2D eigenvalue weighted by molar-refractivity contribution is -0.142. The second kappa shape index (κ2) is 6.37. The first kappa shape index (κ1) is 15.0. The first-order valence-electron chi connectivity index (χ1n) is 6.50. The van der Waals surface area contributed by atoms with Crippen LogP contribution in [-0.2, 0) is 4.79 Å². The smallest absolute Gasteiger partial charge is 0.324 e. The fraction of sp³-hybridized carbons (Fsp3) is 0.500. The maximum atomic E-state index is 11.2. The van der Waals surface area contributed by atoms with E-state index in [0.29, 0.717) is 19.0 Å². The molecule has 1 aliphatic rings. The summed E-state index contributed by atoms with van der Waals surface area (Å²) >= 11 is 1.48. The van der Waals surface area contributed by atoms with E-state index >= 15 is 0 Å². The first-order chi connectivity index (χ1) is 9.55. The highest BCUT2D eigenvalue weighted by Crippen LogP contribution is 2.34. The maximum absolute atomic E-state index is 11.2. The average Bonchev–Trinajstić information content (AvgIpc) is 2.69. The number of carboxylic acids is 1. The molecule has 1 heterocycles. The lowest BCUT2D eigenvalue weighted by Gasteiger charge is -2.23. The molecule has 2 rings (SSSR count). The Hall–Kier alpha value is -1.40. The van der Waals surface area contributed by atoms with Gasteiger partial charge in [0.1, 0.15) is 5.54 Å². The van der Waals surface area contributed by atoms with Gasteiger partial charge in [0, 0.05) is 17.1 Å². The number of carboxylic acid groups (broad SMARTS) is 1. The van der Waals surface area contributed by atoms with Crippen molar-refractivity contribution in [1.82, 2.24) is 5.32 Å². The molecule has 5 nitrogen and oxygen atoms in total. The van der Waals surface area contributed by atoms with Gasteiger partial charge in [0.05, 0.1) is 13.2 Å². The number of carbonyl (C=O) groups is 1. The lowest BCUT2D eigenvalue weighted by Crippen LogP contribution is -2.49. The minimum Gasteiger partial charge on any atom is -0.490 e. The van der Waals surface area contributed by atoms with Crippen LogP contribution in [-0.4, -0.2) is 42.6 Å². The topological polar surface area (TPSA) is 67.8 Å². The molecule has 0 spiro atoms. The third-order valence-electron chi connectivity index (χ3n) is 3.27. The van der Waals surface area contributed by atoms with Gasteiger partial charge in [-0.3, -0.25) is 4.79 Å². The van der Waals surface area contributed by atoms with Crippen LogP contribution in [0.2, 0.25) is 0 Å². The minimum atomic E-state index is -0.950. The summed E-state index contributed by atoms with van der Waals surface area (Å²) in [5.74, 6) is 1.05. The Kier molecular flexibility index (Phi) is 4.77. The van der Waals surface area contributed by atoms with E-state index in [-0.39, 0.29) is 0 Å². The predicted molar refractivity (Wildman–Crippen MR) is 77.9 cm³/mol. The molecule has 0 saturated heterocycles. The van der Waals surface area contributed by atoms with Crippen molar-refractivity contribution in [3.63, 3.8) is 0 Å². The van der Waals surface area contributed by atoms with Crippen LogP contribution in [0.4, 0.5) is 0 Å². The lowest BCUT2D eigenvalue weighted by atomic mass is 10.1. The molecule has 1 aromatic rings. The van der Waals surface area contributed by atoms with E-state index in [1.807, 2.05) is 18.2 Å². The van der Waals surface area contributed by atoms with Crippen LogP contribution in [0.5, 0.6) is 11.5 Å². The Balaban J connectivity index is 2.07. The van der Waals surface area contributed by atoms with E-state index < -0.39 is 11.5 Å². The van der Waals surface area contributed by atoms with E-state index in [2.05, 4.69) is 5.32 Å². The second-order valence-corrected chi connectivity index (χ2v) is 5.88. The van der Waals surface area contributed by atoms with Crippen molar-refractivity contribution >= 4 is 17.7 Å². The summed E-state index contributed by atoms with van der Waals surface area (Å²) < 4.78 is 11.2. The number of likely N-dealkylation sites (N-methyl/N-ethyl adjacent to an activating group) is 1. The monoisotopic (exact) mass is 297 g/mol. The van der Waals surface area contributed by atoms with Gasteiger partial charge in [0.25, 0.3) is 0 Å². The van der Waals surface area contributed by atoms with Gasteiger partial charge in [-0.1, -0.05) is 0 Å². The van der Waals surface area contributed by atoms with Gasteiger partial charge in [-0.05, 0) is 32.2 Å². The molecule has 6 heteroatoms. The standard InChI is InChI=1S/C14H19NO4S/c1-14(15-2,13(16)17)9-20-10-4-5-11-12(8-10)19-7-3-6-18-11/h4-5,8,15H,3,6-7,9H2,1-2H3,(H,16,17). The van der Waals surface area contributed by atoms with Gasteiger partial charge >= 0.3 is 5.97 Å². The van der Waals surface area contributed by atoms with Crippen LogP contribution in [0.25, 0.3) is 0 Å². The normalized spacial score (nSPS) is 17.1. The molecule has 0 aromatic heterocycles. The Bertz CT molecular complexity index is 494. The number of hydrogen-bond donors (Lipinski definition) is 2. The number of hydrogen-bond acceptors (Lipinski definition) is 5. The Morgan fingerprint density at radius 3 is 2.75 bits per heavy atom. The molecular formula is C14H19NO4S. The van der Waals surface area contributed by atoms with Crippen molar-refractivity contribution in [3.05, 3.63) is 18.2 Å². The number of rotatable bonds is 5. The van der Waals surface area contributed by atoms with E-state index in [4.69, 9.17) is 9.47 Å². The number of benzene rings is 1. The van der Waals surface area contributed by atoms with Gasteiger partial charge < -0.3 is 19.9 Å². The van der Waals surface area contributed by atoms with Gasteiger partial charge in [-0.25, -0.2) is 0 Å². The molecule has 1 atom stereocenters. The largest absolute Gasteiger partial charge is 0.490 e. The fourth-order valence-electron chi connectivity index (χ4n) is 1.70. The minimum absolute atomic E-state index is 0.429. The van der Waals surface area contributed by atoms with E-state index in [1.54, 1.807) is 14.0 Å². The molecule has 0 amide bonds. The van der Waals surface area contributed by atoms with Gasteiger partial charge in [-0.2, -0.15) is 0 Å². The Morgan fingerprint density at radius 1 is 1.40 bits per heavy atom. The van der Waals surface area contributed by atoms with Gasteiger partial charge in [0.2, 0.25) is 0 Å². The van der Waals surface area contributed by atoms with Crippen LogP contribution >= 0.6 is 11.8 Å². The van der Waals surface area contributed by atoms with Crippen LogP contribution in [0.15, 0.2) is 23.1 Å². The van der Waals surface area contributed by atoms with Crippen molar-refractivity contribution in [3.8, 4) is 11.5 Å². The third kappa shape index (κ3) is 3.37. The van der Waals surface area contributed by atoms with Crippen molar-refractivity contribution < 1.29 is 19.4 Å². The van der Waals surface area contributed by atoms with Gasteiger partial charge in [0.15, 0.2) is 11.5 Å². The number of nitrogens with one attached hydrogen (secondary N) is 1. The zero-order valence-electron chi connectivity index (χ0n) is 11.6. The molecule has 2 N–H and O–H groups in total. The SMILES string of the molecule is CNC(C)(CSc1ccc2c(c1)OCCCO2)C(=O)O. The predicted octanol–water partition coefficient (Wildman–Crippen LogP) is 2.00. The van der Waals surface area contributed by atoms with Crippen LogP contribution in [0.1, 0.15) is 13.3 Å². The average molecular weight is 297 g/mol. The molecule has 1 aliphatic heterocycles. The number of ether oxygens (including phenoxy) is 2. The summed E-state index contributed by atoms with van der Waals surface area (Å²) in [6.07, 6.45) is 0.869. The molecule has 0 bridgehead atoms. The summed E-state index contributed by atoms with van der Waals surface area (Å²) in [5.41, 5.74) is -0.950. The fourth-order valence-corrected chi connectivity index (χ4v) is 2.78. The Morgan fingerprint density at radius 2 is 2.10 bits per heavy atom. The summed E-state index contributed by atoms with van der Waals surface area (Å²) in [6, 6.07) is 5.71. The molecule has 1 aromatic carbocycles. The molecule has 110 valence electrons. The van der Waals surface area contributed by atoms with E-state index in [9.17, 15) is 9.90 Å². The highest BCUT2D eigenvalue weighted by molar-refractivity contribution is 7.99. The van der Waals surface area contributed by atoms with Crippen molar-refractivity contribution in [2.24, 2.45) is 0 Å². The highest BCUT2D eigenvalue weighted by Gasteiger charge is 2.31. The van der Waals surface area contributed by atoms with Crippen molar-refractivity contribution in [2.75, 3.05) is 26.0 Å². The van der Waals surface area contributed by atoms with Crippen molar-refractivity contribution in [2.45, 2.75) is 23.8 Å².